The summed E-state index contributed by atoms with van der Waals surface area (Å²) in [6.07, 6.45) is 3.71. The molecule has 1 atom stereocenters. The van der Waals surface area contributed by atoms with Crippen molar-refractivity contribution < 1.29 is 14.3 Å². The number of carbonyl (C=O) groups is 1. The lowest BCUT2D eigenvalue weighted by Gasteiger charge is -2.36. The number of aromatic nitrogens is 2. The third-order valence-electron chi connectivity index (χ3n) is 3.79. The van der Waals surface area contributed by atoms with Crippen LogP contribution in [0.1, 0.15) is 52.1 Å². The number of rotatable bonds is 5. The predicted octanol–water partition coefficient (Wildman–Crippen LogP) is 3.83. The molecule has 6 nitrogen and oxygen atoms in total. The first-order chi connectivity index (χ1) is 11.3. The van der Waals surface area contributed by atoms with Gasteiger partial charge in [-0.2, -0.15) is 5.10 Å². The Morgan fingerprint density at radius 2 is 2.12 bits per heavy atom. The Kier molecular flexibility index (Phi) is 6.80. The first-order valence-corrected chi connectivity index (χ1v) is 8.78. The molecule has 24 heavy (non-hydrogen) atoms. The molecule has 1 aromatic heterocycles. The fraction of sp³-hybridized carbons (Fsp3) is 0.706. The van der Waals surface area contributed by atoms with Crippen molar-refractivity contribution in [1.82, 2.24) is 15.1 Å². The van der Waals surface area contributed by atoms with Gasteiger partial charge in [0.2, 0.25) is 0 Å². The lowest BCUT2D eigenvalue weighted by Crippen LogP contribution is -2.46. The molecule has 1 aliphatic heterocycles. The second kappa shape index (κ2) is 8.62. The number of hydrogen-bond acceptors (Lipinski definition) is 5. The lowest BCUT2D eigenvalue weighted by atomic mass is 10.0. The van der Waals surface area contributed by atoms with Crippen molar-refractivity contribution in [2.75, 3.05) is 13.2 Å². The Balaban J connectivity index is 1.78. The molecule has 1 saturated heterocycles. The van der Waals surface area contributed by atoms with Gasteiger partial charge >= 0.3 is 6.09 Å². The molecular formula is C17H26ClN3O3. The number of carbonyl (C=O) groups excluding carboxylic acids is 1. The quantitative estimate of drug-likeness (QED) is 0.751. The van der Waals surface area contributed by atoms with Gasteiger partial charge < -0.3 is 14.4 Å². The van der Waals surface area contributed by atoms with Gasteiger partial charge in [-0.1, -0.05) is 11.6 Å². The van der Waals surface area contributed by atoms with Crippen molar-refractivity contribution >= 4 is 17.7 Å². The minimum Gasteiger partial charge on any atom is -0.444 e. The zero-order valence-corrected chi connectivity index (χ0v) is 15.4. The second-order valence-electron chi connectivity index (χ2n) is 7.01. The molecule has 0 bridgehead atoms. The summed E-state index contributed by atoms with van der Waals surface area (Å²) in [5, 5.41) is 8.11. The number of amides is 1. The molecule has 1 amide bonds. The average molecular weight is 356 g/mol. The van der Waals surface area contributed by atoms with Crippen LogP contribution in [0.4, 0.5) is 4.79 Å². The number of ether oxygens (including phenoxy) is 2. The molecule has 1 fully saturated rings. The largest absolute Gasteiger partial charge is 0.444 e. The van der Waals surface area contributed by atoms with E-state index in [9.17, 15) is 4.79 Å². The van der Waals surface area contributed by atoms with Gasteiger partial charge in [-0.15, -0.1) is 5.10 Å². The van der Waals surface area contributed by atoms with Crippen LogP contribution in [0.2, 0.25) is 5.15 Å². The molecule has 0 saturated carbocycles. The number of likely N-dealkylation sites (tertiary alicyclic amines) is 1. The van der Waals surface area contributed by atoms with Crippen LogP contribution in [0.3, 0.4) is 0 Å². The molecule has 2 rings (SSSR count). The Bertz CT molecular complexity index is 531. The van der Waals surface area contributed by atoms with Crippen LogP contribution < -0.4 is 0 Å². The van der Waals surface area contributed by atoms with E-state index in [1.165, 1.54) is 0 Å². The first-order valence-electron chi connectivity index (χ1n) is 8.40. The minimum absolute atomic E-state index is 0.171. The number of nitrogens with zero attached hydrogens (tertiary/aromatic N) is 3. The summed E-state index contributed by atoms with van der Waals surface area (Å²) < 4.78 is 11.2. The third-order valence-corrected chi connectivity index (χ3v) is 3.99. The molecule has 1 aliphatic rings. The van der Waals surface area contributed by atoms with Crippen molar-refractivity contribution in [1.29, 1.82) is 0 Å². The number of piperidine rings is 1. The van der Waals surface area contributed by atoms with Gasteiger partial charge in [0.25, 0.3) is 0 Å². The van der Waals surface area contributed by atoms with Crippen LogP contribution >= 0.6 is 11.6 Å². The first kappa shape index (κ1) is 18.9. The van der Waals surface area contributed by atoms with Crippen LogP contribution in [0, 0.1) is 0 Å². The number of halogens is 1. The topological polar surface area (TPSA) is 64.5 Å². The van der Waals surface area contributed by atoms with Crippen LogP contribution in [0.5, 0.6) is 0 Å². The summed E-state index contributed by atoms with van der Waals surface area (Å²) >= 11 is 5.70. The smallest absolute Gasteiger partial charge is 0.410 e. The number of hydrogen-bond donors (Lipinski definition) is 0. The monoisotopic (exact) mass is 355 g/mol. The summed E-state index contributed by atoms with van der Waals surface area (Å²) in [5.41, 5.74) is 0.273. The molecule has 7 heteroatoms. The highest BCUT2D eigenvalue weighted by atomic mass is 35.5. The molecular weight excluding hydrogens is 330 g/mol. The van der Waals surface area contributed by atoms with Gasteiger partial charge in [0.15, 0.2) is 5.15 Å². The van der Waals surface area contributed by atoms with Gasteiger partial charge in [-0.25, -0.2) is 4.79 Å². The molecule has 0 aromatic carbocycles. The molecule has 0 radical (unpaired) electrons. The van der Waals surface area contributed by atoms with Gasteiger partial charge in [-0.05, 0) is 58.6 Å². The van der Waals surface area contributed by atoms with Crippen LogP contribution in [0.25, 0.3) is 0 Å². The highest BCUT2D eigenvalue weighted by Gasteiger charge is 2.30. The van der Waals surface area contributed by atoms with Crippen molar-refractivity contribution in [2.24, 2.45) is 0 Å². The Hall–Kier alpha value is -1.40. The average Bonchev–Trinajstić information content (AvgIpc) is 2.52. The summed E-state index contributed by atoms with van der Waals surface area (Å²) in [6.45, 7) is 7.38. The summed E-state index contributed by atoms with van der Waals surface area (Å²) in [6, 6.07) is 3.66. The zero-order valence-electron chi connectivity index (χ0n) is 14.6. The van der Waals surface area contributed by atoms with Crippen LogP contribution in [-0.4, -0.2) is 46.0 Å². The fourth-order valence-electron chi connectivity index (χ4n) is 2.68. The normalized spacial score (nSPS) is 18.5. The second-order valence-corrected chi connectivity index (χ2v) is 7.40. The van der Waals surface area contributed by atoms with E-state index in [4.69, 9.17) is 21.1 Å². The molecule has 0 spiro atoms. The van der Waals surface area contributed by atoms with E-state index >= 15 is 0 Å². The maximum Gasteiger partial charge on any atom is 0.410 e. The SMILES string of the molecule is CC(C)(C)OC(=O)N1CCCC[C@@H]1CCOCc1ccc(Cl)nn1. The van der Waals surface area contributed by atoms with Gasteiger partial charge in [0.05, 0.1) is 12.3 Å². The van der Waals surface area contributed by atoms with E-state index in [2.05, 4.69) is 10.2 Å². The van der Waals surface area contributed by atoms with E-state index in [-0.39, 0.29) is 12.1 Å². The maximum atomic E-state index is 12.3. The molecule has 0 unspecified atom stereocenters. The van der Waals surface area contributed by atoms with E-state index < -0.39 is 5.60 Å². The Morgan fingerprint density at radius 3 is 2.79 bits per heavy atom. The highest BCUT2D eigenvalue weighted by molar-refractivity contribution is 6.29. The Labute approximate surface area is 148 Å². The highest BCUT2D eigenvalue weighted by Crippen LogP contribution is 2.22. The Morgan fingerprint density at radius 1 is 1.33 bits per heavy atom. The zero-order chi connectivity index (χ0) is 17.6. The van der Waals surface area contributed by atoms with E-state index in [1.807, 2.05) is 25.7 Å². The predicted molar refractivity (Wildman–Crippen MR) is 91.9 cm³/mol. The van der Waals surface area contributed by atoms with Crippen LogP contribution in [-0.2, 0) is 16.1 Å². The van der Waals surface area contributed by atoms with E-state index in [0.29, 0.717) is 18.4 Å². The van der Waals surface area contributed by atoms with E-state index in [1.54, 1.807) is 12.1 Å². The molecule has 134 valence electrons. The molecule has 2 heterocycles. The van der Waals surface area contributed by atoms with Gasteiger partial charge in [0, 0.05) is 19.2 Å². The fourth-order valence-corrected chi connectivity index (χ4v) is 2.78. The summed E-state index contributed by atoms with van der Waals surface area (Å²) in [7, 11) is 0. The lowest BCUT2D eigenvalue weighted by molar-refractivity contribution is 0.00366. The van der Waals surface area contributed by atoms with Crippen molar-refractivity contribution in [3.8, 4) is 0 Å². The minimum atomic E-state index is -0.469. The molecule has 1 aromatic rings. The van der Waals surface area contributed by atoms with Gasteiger partial charge in [0.1, 0.15) is 5.60 Å². The van der Waals surface area contributed by atoms with Crippen molar-refractivity contribution in [3.63, 3.8) is 0 Å². The summed E-state index contributed by atoms with van der Waals surface area (Å²) in [4.78, 5) is 14.2. The molecule has 0 N–H and O–H groups in total. The standard InChI is InChI=1S/C17H26ClN3O3/c1-17(2,3)24-16(22)21-10-5-4-6-14(21)9-11-23-12-13-7-8-15(18)20-19-13/h7-8,14H,4-6,9-12H2,1-3H3/t14-/m1/s1. The van der Waals surface area contributed by atoms with Crippen molar-refractivity contribution in [2.45, 2.75) is 64.7 Å². The van der Waals surface area contributed by atoms with Gasteiger partial charge in [-0.3, -0.25) is 0 Å². The van der Waals surface area contributed by atoms with E-state index in [0.717, 1.165) is 37.9 Å². The summed E-state index contributed by atoms with van der Waals surface area (Å²) in [5.74, 6) is 0. The third kappa shape index (κ3) is 6.24. The van der Waals surface area contributed by atoms with Crippen LogP contribution in [0.15, 0.2) is 12.1 Å². The maximum absolute atomic E-state index is 12.3. The van der Waals surface area contributed by atoms with Crippen molar-refractivity contribution in [3.05, 3.63) is 23.0 Å². The molecule has 0 aliphatic carbocycles.